The molecule has 2 rings (SSSR count). The van der Waals surface area contributed by atoms with Gasteiger partial charge in [-0.2, -0.15) is 0 Å². The van der Waals surface area contributed by atoms with E-state index in [0.29, 0.717) is 34.2 Å². The summed E-state index contributed by atoms with van der Waals surface area (Å²) in [6.07, 6.45) is 0. The number of hydrogen-bond donors (Lipinski definition) is 1. The third-order valence-corrected chi connectivity index (χ3v) is 4.57. The third kappa shape index (κ3) is 6.54. The van der Waals surface area contributed by atoms with E-state index in [1.807, 2.05) is 18.2 Å². The first kappa shape index (κ1) is 22.4. The van der Waals surface area contributed by atoms with Gasteiger partial charge in [-0.25, -0.2) is 0 Å². The zero-order chi connectivity index (χ0) is 17.7. The summed E-state index contributed by atoms with van der Waals surface area (Å²) in [5.41, 5.74) is 1.98. The van der Waals surface area contributed by atoms with Crippen LogP contribution in [0.4, 0.5) is 0 Å². The van der Waals surface area contributed by atoms with Gasteiger partial charge in [-0.05, 0) is 45.8 Å². The van der Waals surface area contributed by atoms with Crippen LogP contribution in [-0.2, 0) is 13.2 Å². The van der Waals surface area contributed by atoms with E-state index >= 15 is 0 Å². The Morgan fingerprint density at radius 2 is 1.88 bits per heavy atom. The summed E-state index contributed by atoms with van der Waals surface area (Å²) in [6, 6.07) is 9.76. The topological polar surface area (TPSA) is 30.5 Å². The van der Waals surface area contributed by atoms with Crippen molar-refractivity contribution in [2.75, 3.05) is 7.11 Å². The van der Waals surface area contributed by atoms with Crippen LogP contribution in [0, 0.1) is 0 Å². The fraction of sp³-hybridized carbons (Fsp3) is 0.333. The van der Waals surface area contributed by atoms with E-state index in [2.05, 4.69) is 35.1 Å². The first-order chi connectivity index (χ1) is 11.4. The average molecular weight is 470 g/mol. The number of rotatable bonds is 7. The van der Waals surface area contributed by atoms with Crippen molar-refractivity contribution >= 4 is 51.5 Å². The van der Waals surface area contributed by atoms with E-state index in [1.54, 1.807) is 19.2 Å². The lowest BCUT2D eigenvalue weighted by molar-refractivity contribution is 0.282. The summed E-state index contributed by atoms with van der Waals surface area (Å²) in [5, 5.41) is 4.56. The van der Waals surface area contributed by atoms with E-state index in [-0.39, 0.29) is 12.4 Å². The van der Waals surface area contributed by atoms with Gasteiger partial charge in [0.05, 0.1) is 11.6 Å². The minimum Gasteiger partial charge on any atom is -0.493 e. The van der Waals surface area contributed by atoms with Crippen molar-refractivity contribution in [3.63, 3.8) is 0 Å². The summed E-state index contributed by atoms with van der Waals surface area (Å²) in [7, 11) is 1.63. The molecule has 0 spiro atoms. The van der Waals surface area contributed by atoms with E-state index < -0.39 is 0 Å². The predicted octanol–water partition coefficient (Wildman–Crippen LogP) is 6.26. The molecule has 2 aromatic rings. The second kappa shape index (κ2) is 10.5. The van der Waals surface area contributed by atoms with Crippen LogP contribution in [0.1, 0.15) is 25.0 Å². The van der Waals surface area contributed by atoms with Crippen molar-refractivity contribution < 1.29 is 9.47 Å². The van der Waals surface area contributed by atoms with Gasteiger partial charge in [0.1, 0.15) is 6.61 Å². The Morgan fingerprint density at radius 3 is 2.48 bits per heavy atom. The number of methoxy groups -OCH3 is 1. The summed E-state index contributed by atoms with van der Waals surface area (Å²) >= 11 is 15.7. The van der Waals surface area contributed by atoms with Crippen molar-refractivity contribution in [1.82, 2.24) is 5.32 Å². The Hall–Kier alpha value is -0.650. The molecule has 7 heteroatoms. The van der Waals surface area contributed by atoms with Crippen LogP contribution in [0.2, 0.25) is 10.0 Å². The van der Waals surface area contributed by atoms with Gasteiger partial charge in [-0.15, -0.1) is 12.4 Å². The predicted molar refractivity (Wildman–Crippen MR) is 111 cm³/mol. The molecule has 2 aromatic carbocycles. The largest absolute Gasteiger partial charge is 0.493 e. The van der Waals surface area contributed by atoms with Crippen LogP contribution in [0.5, 0.6) is 11.5 Å². The molecule has 0 atom stereocenters. The van der Waals surface area contributed by atoms with E-state index in [1.165, 1.54) is 0 Å². The molecular weight excluding hydrogens is 448 g/mol. The lowest BCUT2D eigenvalue weighted by Crippen LogP contribution is -2.21. The van der Waals surface area contributed by atoms with Crippen LogP contribution < -0.4 is 14.8 Å². The highest BCUT2D eigenvalue weighted by molar-refractivity contribution is 9.10. The molecule has 0 fully saturated rings. The highest BCUT2D eigenvalue weighted by atomic mass is 79.9. The molecule has 0 amide bonds. The minimum absolute atomic E-state index is 0. The standard InChI is InChI=1S/C18H20BrCl2NO2.ClH/c1-11(2)22-9-12-6-15(19)18(17(7-12)23-3)24-10-13-4-5-14(20)8-16(13)21;/h4-8,11,22H,9-10H2,1-3H3;1H. The maximum absolute atomic E-state index is 6.19. The Kier molecular flexibility index (Phi) is 9.39. The fourth-order valence-electron chi connectivity index (χ4n) is 2.13. The van der Waals surface area contributed by atoms with E-state index in [0.717, 1.165) is 22.1 Å². The molecule has 3 nitrogen and oxygen atoms in total. The molecular formula is C18H21BrCl3NO2. The second-order valence-corrected chi connectivity index (χ2v) is 7.37. The van der Waals surface area contributed by atoms with Crippen molar-refractivity contribution in [2.24, 2.45) is 0 Å². The lowest BCUT2D eigenvalue weighted by atomic mass is 10.2. The maximum Gasteiger partial charge on any atom is 0.175 e. The van der Waals surface area contributed by atoms with Crippen LogP contribution in [0.3, 0.4) is 0 Å². The number of benzene rings is 2. The highest BCUT2D eigenvalue weighted by Crippen LogP contribution is 2.37. The number of halogens is 4. The van der Waals surface area contributed by atoms with Crippen LogP contribution in [0.25, 0.3) is 0 Å². The summed E-state index contributed by atoms with van der Waals surface area (Å²) < 4.78 is 12.2. The van der Waals surface area contributed by atoms with Gasteiger partial charge in [0.25, 0.3) is 0 Å². The molecule has 0 radical (unpaired) electrons. The Morgan fingerprint density at radius 1 is 1.16 bits per heavy atom. The molecule has 0 saturated heterocycles. The van der Waals surface area contributed by atoms with Crippen molar-refractivity contribution in [3.05, 3.63) is 56.0 Å². The summed E-state index contributed by atoms with van der Waals surface area (Å²) in [4.78, 5) is 0. The number of nitrogens with one attached hydrogen (secondary N) is 1. The van der Waals surface area contributed by atoms with Gasteiger partial charge in [0, 0.05) is 28.2 Å². The Labute approximate surface area is 173 Å². The molecule has 0 saturated carbocycles. The normalized spacial score (nSPS) is 10.5. The molecule has 1 N–H and O–H groups in total. The molecule has 25 heavy (non-hydrogen) atoms. The first-order valence-electron chi connectivity index (χ1n) is 7.57. The van der Waals surface area contributed by atoms with Gasteiger partial charge in [0.15, 0.2) is 11.5 Å². The monoisotopic (exact) mass is 467 g/mol. The Bertz CT molecular complexity index is 711. The van der Waals surface area contributed by atoms with Crippen molar-refractivity contribution in [2.45, 2.75) is 33.0 Å². The highest BCUT2D eigenvalue weighted by Gasteiger charge is 2.13. The van der Waals surface area contributed by atoms with Gasteiger partial charge < -0.3 is 14.8 Å². The zero-order valence-corrected chi connectivity index (χ0v) is 18.2. The van der Waals surface area contributed by atoms with Gasteiger partial charge in [-0.3, -0.25) is 0 Å². The number of hydrogen-bond acceptors (Lipinski definition) is 3. The molecule has 0 aromatic heterocycles. The second-order valence-electron chi connectivity index (χ2n) is 5.67. The number of ether oxygens (including phenoxy) is 2. The zero-order valence-electron chi connectivity index (χ0n) is 14.2. The van der Waals surface area contributed by atoms with Gasteiger partial charge >= 0.3 is 0 Å². The molecule has 138 valence electrons. The van der Waals surface area contributed by atoms with E-state index in [4.69, 9.17) is 32.7 Å². The third-order valence-electron chi connectivity index (χ3n) is 3.39. The van der Waals surface area contributed by atoms with Crippen LogP contribution in [-0.4, -0.2) is 13.2 Å². The summed E-state index contributed by atoms with van der Waals surface area (Å²) in [6.45, 7) is 5.31. The fourth-order valence-corrected chi connectivity index (χ4v) is 3.19. The molecule has 0 unspecified atom stereocenters. The van der Waals surface area contributed by atoms with E-state index in [9.17, 15) is 0 Å². The SMILES string of the molecule is COc1cc(CNC(C)C)cc(Br)c1OCc1ccc(Cl)cc1Cl.Cl. The Balaban J connectivity index is 0.00000312. The average Bonchev–Trinajstić information content (AvgIpc) is 2.52. The first-order valence-corrected chi connectivity index (χ1v) is 9.12. The van der Waals surface area contributed by atoms with Crippen molar-refractivity contribution in [1.29, 1.82) is 0 Å². The minimum atomic E-state index is 0. The molecule has 0 aliphatic heterocycles. The smallest absolute Gasteiger partial charge is 0.175 e. The van der Waals surface area contributed by atoms with Gasteiger partial charge in [-0.1, -0.05) is 43.1 Å². The summed E-state index contributed by atoms with van der Waals surface area (Å²) in [5.74, 6) is 1.33. The van der Waals surface area contributed by atoms with Gasteiger partial charge in [0.2, 0.25) is 0 Å². The lowest BCUT2D eigenvalue weighted by Gasteiger charge is -2.16. The quantitative estimate of drug-likeness (QED) is 0.519. The molecule has 0 heterocycles. The maximum atomic E-state index is 6.19. The van der Waals surface area contributed by atoms with Crippen LogP contribution in [0.15, 0.2) is 34.8 Å². The molecule has 0 aliphatic rings. The molecule has 0 bridgehead atoms. The van der Waals surface area contributed by atoms with Crippen molar-refractivity contribution in [3.8, 4) is 11.5 Å². The molecule has 0 aliphatic carbocycles. The van der Waals surface area contributed by atoms with Crippen LogP contribution >= 0.6 is 51.5 Å².